The fourth-order valence-corrected chi connectivity index (χ4v) is 4.77. The van der Waals surface area contributed by atoms with Gasteiger partial charge in [0.25, 0.3) is 0 Å². The van der Waals surface area contributed by atoms with Crippen molar-refractivity contribution in [2.75, 3.05) is 12.3 Å². The lowest BCUT2D eigenvalue weighted by molar-refractivity contribution is -0.163. The second kappa shape index (κ2) is 4.37. The van der Waals surface area contributed by atoms with Crippen molar-refractivity contribution in [3.8, 4) is 0 Å². The molecule has 3 heterocycles. The Kier molecular flexibility index (Phi) is 2.70. The Morgan fingerprint density at radius 1 is 1.42 bits per heavy atom. The summed E-state index contributed by atoms with van der Waals surface area (Å²) in [6.07, 6.45) is 2.29. The van der Waals surface area contributed by atoms with Gasteiger partial charge in [-0.25, -0.2) is 4.98 Å². The molecule has 0 amide bonds. The zero-order valence-corrected chi connectivity index (χ0v) is 14.1. The van der Waals surface area contributed by atoms with Gasteiger partial charge in [0.15, 0.2) is 17.3 Å². The van der Waals surface area contributed by atoms with E-state index in [-0.39, 0.29) is 47.3 Å². The smallest absolute Gasteiger partial charge is 0.226 e. The Morgan fingerprint density at radius 3 is 2.96 bits per heavy atom. The average Bonchev–Trinajstić information content (AvgIpc) is 2.78. The van der Waals surface area contributed by atoms with E-state index in [0.29, 0.717) is 11.2 Å². The molecule has 0 bridgehead atoms. The molecular weight excluding hydrogens is 334 g/mol. The number of halogens is 1. The van der Waals surface area contributed by atoms with E-state index in [0.717, 1.165) is 6.42 Å². The summed E-state index contributed by atoms with van der Waals surface area (Å²) < 4.78 is 14.2. The van der Waals surface area contributed by atoms with Crippen LogP contribution in [0.5, 0.6) is 0 Å². The molecule has 3 fully saturated rings. The van der Waals surface area contributed by atoms with Crippen LogP contribution in [0, 0.1) is 11.3 Å². The molecule has 0 spiro atoms. The number of aliphatic hydroxyl groups is 1. The number of nitrogen functional groups attached to an aromatic ring is 1. The minimum Gasteiger partial charge on any atom is -0.396 e. The van der Waals surface area contributed by atoms with Gasteiger partial charge in [0.05, 0.1) is 25.1 Å². The van der Waals surface area contributed by atoms with E-state index in [1.54, 1.807) is 6.33 Å². The quantitative estimate of drug-likeness (QED) is 0.781. The van der Waals surface area contributed by atoms with Crippen molar-refractivity contribution in [1.82, 2.24) is 19.5 Å². The van der Waals surface area contributed by atoms with Crippen LogP contribution in [0.1, 0.15) is 26.3 Å². The van der Waals surface area contributed by atoms with Crippen LogP contribution in [-0.4, -0.2) is 49.2 Å². The van der Waals surface area contributed by atoms with Gasteiger partial charge in [-0.3, -0.25) is 0 Å². The van der Waals surface area contributed by atoms with Crippen molar-refractivity contribution in [3.63, 3.8) is 0 Å². The number of nitrogens with zero attached hydrogens (tertiary/aromatic N) is 4. The largest absolute Gasteiger partial charge is 0.396 e. The van der Waals surface area contributed by atoms with Gasteiger partial charge in [-0.05, 0) is 37.8 Å². The summed E-state index contributed by atoms with van der Waals surface area (Å²) in [4.78, 5) is 12.6. The van der Waals surface area contributed by atoms with Gasteiger partial charge in [-0.2, -0.15) is 9.97 Å². The van der Waals surface area contributed by atoms with Crippen molar-refractivity contribution < 1.29 is 14.6 Å². The molecule has 0 unspecified atom stereocenters. The molecule has 2 aliphatic carbocycles. The maximum absolute atomic E-state index is 9.97. The summed E-state index contributed by atoms with van der Waals surface area (Å²) in [5.74, 6) is -0.168. The second-order valence-corrected chi connectivity index (χ2v) is 7.75. The number of nitrogens with two attached hydrogens (primary N) is 1. The fraction of sp³-hybridized carbons (Fsp3) is 0.667. The SMILES string of the molecule is CC1(C)O[C@H]2[C@H](n3cnc4c(N)nc(Cl)nc43)[C@H]3C[C@]3(CO)[C@H]2O1. The zero-order chi connectivity index (χ0) is 16.9. The number of fused-ring (bicyclic) bond motifs is 4. The number of aliphatic hydroxyl groups excluding tert-OH is 1. The molecule has 9 heteroatoms. The molecule has 8 nitrogen and oxygen atoms in total. The van der Waals surface area contributed by atoms with Crippen LogP contribution in [-0.2, 0) is 9.47 Å². The van der Waals surface area contributed by atoms with E-state index in [4.69, 9.17) is 26.8 Å². The Hall–Kier alpha value is -1.48. The summed E-state index contributed by atoms with van der Waals surface area (Å²) in [6.45, 7) is 3.88. The zero-order valence-electron chi connectivity index (χ0n) is 13.3. The Bertz CT molecular complexity index is 855. The highest BCUT2D eigenvalue weighted by molar-refractivity contribution is 6.28. The van der Waals surface area contributed by atoms with E-state index in [9.17, 15) is 5.11 Å². The lowest BCUT2D eigenvalue weighted by Gasteiger charge is -2.24. The van der Waals surface area contributed by atoms with Crippen LogP contribution in [0.3, 0.4) is 0 Å². The van der Waals surface area contributed by atoms with Crippen molar-refractivity contribution in [1.29, 1.82) is 0 Å². The van der Waals surface area contributed by atoms with Crippen molar-refractivity contribution >= 4 is 28.6 Å². The molecule has 0 radical (unpaired) electrons. The number of hydrogen-bond acceptors (Lipinski definition) is 7. The van der Waals surface area contributed by atoms with Gasteiger partial charge < -0.3 is 24.9 Å². The van der Waals surface area contributed by atoms with E-state index >= 15 is 0 Å². The third-order valence-electron chi connectivity index (χ3n) is 5.66. The van der Waals surface area contributed by atoms with Crippen molar-refractivity contribution in [3.05, 3.63) is 11.6 Å². The predicted molar refractivity (Wildman–Crippen MR) is 85.2 cm³/mol. The highest BCUT2D eigenvalue weighted by Crippen LogP contribution is 2.71. The van der Waals surface area contributed by atoms with Gasteiger partial charge in [0.2, 0.25) is 5.28 Å². The lowest BCUT2D eigenvalue weighted by atomic mass is 10.0. The number of ether oxygens (including phenoxy) is 2. The monoisotopic (exact) mass is 351 g/mol. The molecule has 128 valence electrons. The molecular formula is C15H18ClN5O3. The van der Waals surface area contributed by atoms with Crippen LogP contribution in [0.15, 0.2) is 6.33 Å². The molecule has 3 N–H and O–H groups in total. The van der Waals surface area contributed by atoms with Gasteiger partial charge in [-0.1, -0.05) is 0 Å². The summed E-state index contributed by atoms with van der Waals surface area (Å²) in [5.41, 5.74) is 6.77. The first-order chi connectivity index (χ1) is 11.4. The highest BCUT2D eigenvalue weighted by Gasteiger charge is 2.75. The molecule has 5 rings (SSSR count). The minimum absolute atomic E-state index is 0.0284. The first kappa shape index (κ1) is 14.8. The molecule has 5 atom stereocenters. The molecule has 1 saturated heterocycles. The topological polar surface area (TPSA) is 108 Å². The van der Waals surface area contributed by atoms with Gasteiger partial charge >= 0.3 is 0 Å². The first-order valence-corrected chi connectivity index (χ1v) is 8.36. The summed E-state index contributed by atoms with van der Waals surface area (Å²) in [5, 5.41) is 10.1. The van der Waals surface area contributed by atoms with Crippen molar-refractivity contribution in [2.45, 2.75) is 44.3 Å². The third-order valence-corrected chi connectivity index (χ3v) is 5.83. The average molecular weight is 352 g/mol. The Morgan fingerprint density at radius 2 is 2.21 bits per heavy atom. The molecule has 3 aliphatic rings. The van der Waals surface area contributed by atoms with Crippen LogP contribution in [0.25, 0.3) is 11.2 Å². The summed E-state index contributed by atoms with van der Waals surface area (Å²) in [7, 11) is 0. The maximum Gasteiger partial charge on any atom is 0.226 e. The van der Waals surface area contributed by atoms with E-state index < -0.39 is 5.79 Å². The number of hydrogen-bond donors (Lipinski definition) is 2. The normalized spacial score (nSPS) is 39.2. The standard InChI is InChI=1S/C15H18ClN5O3/c1-14(2)23-9-8(6-3-15(6,4-22)10(9)24-14)21-5-18-7-11(17)19-13(16)20-12(7)21/h5-6,8-10,22H,3-4H2,1-2H3,(H2,17,19,20)/t6-,8-,9+,10+,15-/m1/s1. The Balaban J connectivity index is 1.65. The molecule has 0 aromatic carbocycles. The van der Waals surface area contributed by atoms with E-state index in [1.165, 1.54) is 0 Å². The van der Waals surface area contributed by atoms with Crippen LogP contribution in [0.2, 0.25) is 5.28 Å². The number of imidazole rings is 1. The van der Waals surface area contributed by atoms with Crippen LogP contribution in [0.4, 0.5) is 5.82 Å². The van der Waals surface area contributed by atoms with Crippen LogP contribution >= 0.6 is 11.6 Å². The lowest BCUT2D eigenvalue weighted by Crippen LogP contribution is -2.33. The predicted octanol–water partition coefficient (Wildman–Crippen LogP) is 1.14. The number of aromatic nitrogens is 4. The van der Waals surface area contributed by atoms with Gasteiger partial charge in [0.1, 0.15) is 11.6 Å². The number of rotatable bonds is 2. The summed E-state index contributed by atoms with van der Waals surface area (Å²) in [6, 6.07) is -0.0284. The van der Waals surface area contributed by atoms with Crippen LogP contribution < -0.4 is 5.73 Å². The van der Waals surface area contributed by atoms with Gasteiger partial charge in [0, 0.05) is 5.41 Å². The minimum atomic E-state index is -0.675. The summed E-state index contributed by atoms with van der Waals surface area (Å²) >= 11 is 5.98. The molecule has 2 aromatic rings. The molecule has 24 heavy (non-hydrogen) atoms. The van der Waals surface area contributed by atoms with E-state index in [1.807, 2.05) is 18.4 Å². The first-order valence-electron chi connectivity index (χ1n) is 7.98. The van der Waals surface area contributed by atoms with E-state index in [2.05, 4.69) is 15.0 Å². The van der Waals surface area contributed by atoms with Crippen molar-refractivity contribution in [2.24, 2.45) is 11.3 Å². The fourth-order valence-electron chi connectivity index (χ4n) is 4.60. The number of anilines is 1. The second-order valence-electron chi connectivity index (χ2n) is 7.42. The molecule has 1 aliphatic heterocycles. The maximum atomic E-state index is 9.97. The third kappa shape index (κ3) is 1.72. The molecule has 2 saturated carbocycles. The molecule has 2 aromatic heterocycles. The highest BCUT2D eigenvalue weighted by atomic mass is 35.5. The Labute approximate surface area is 142 Å². The van der Waals surface area contributed by atoms with Gasteiger partial charge in [-0.15, -0.1) is 0 Å².